The second kappa shape index (κ2) is 5.81. The molecule has 68 valence electrons. The molecule has 0 fully saturated rings. The summed E-state index contributed by atoms with van der Waals surface area (Å²) in [6, 6.07) is 0. The molecule has 0 aromatic carbocycles. The van der Waals surface area contributed by atoms with E-state index < -0.39 is 8.32 Å². The Balaban J connectivity index is 3.39. The van der Waals surface area contributed by atoms with Crippen molar-refractivity contribution in [1.29, 1.82) is 0 Å². The summed E-state index contributed by atoms with van der Waals surface area (Å²) in [6.45, 7) is 7.24. The second-order valence-corrected chi connectivity index (χ2v) is 7.68. The number of ether oxygens (including phenoxy) is 1. The van der Waals surface area contributed by atoms with Crippen LogP contribution < -0.4 is 0 Å². The minimum absolute atomic E-state index is 0.151. The Bertz CT molecular complexity index is 185. The van der Waals surface area contributed by atoms with Crippen LogP contribution in [0.2, 0.25) is 19.6 Å². The number of rotatable bonds is 4. The molecule has 0 unspecified atom stereocenters. The first-order valence-corrected chi connectivity index (χ1v) is 7.12. The van der Waals surface area contributed by atoms with Crippen LogP contribution >= 0.6 is 0 Å². The van der Waals surface area contributed by atoms with Crippen molar-refractivity contribution in [2.45, 2.75) is 19.6 Å². The summed E-state index contributed by atoms with van der Waals surface area (Å²) in [5.74, 6) is 5.41. The largest absolute Gasteiger partial charge is 0.455 e. The molecule has 0 radical (unpaired) electrons. The molecule has 0 atom stereocenters. The molecule has 0 N–H and O–H groups in total. The van der Waals surface area contributed by atoms with Crippen LogP contribution in [0.1, 0.15) is 0 Å². The number of hydrogen-bond donors (Lipinski definition) is 0. The third kappa shape index (κ3) is 9.21. The molecule has 0 aliphatic rings. The van der Waals surface area contributed by atoms with E-state index in [1.54, 1.807) is 0 Å². The van der Waals surface area contributed by atoms with Gasteiger partial charge in [0.05, 0.1) is 6.61 Å². The minimum Gasteiger partial charge on any atom is -0.455 e. The Morgan fingerprint density at radius 3 is 2.33 bits per heavy atom. The monoisotopic (exact) mass is 186 g/mol. The highest BCUT2D eigenvalue weighted by atomic mass is 28.4. The van der Waals surface area contributed by atoms with Crippen molar-refractivity contribution in [1.82, 2.24) is 0 Å². The Hall–Kier alpha value is -0.793. The van der Waals surface area contributed by atoms with E-state index >= 15 is 0 Å². The van der Waals surface area contributed by atoms with Crippen molar-refractivity contribution in [2.24, 2.45) is 0 Å². The lowest BCUT2D eigenvalue weighted by molar-refractivity contribution is -0.127. The molecule has 0 aromatic heterocycles. The van der Waals surface area contributed by atoms with Crippen LogP contribution in [0, 0.1) is 11.8 Å². The van der Waals surface area contributed by atoms with Crippen LogP contribution in [0.3, 0.4) is 0 Å². The Morgan fingerprint density at radius 2 is 1.83 bits per heavy atom. The van der Waals surface area contributed by atoms with Crippen LogP contribution in [0.15, 0.2) is 0 Å². The summed E-state index contributed by atoms with van der Waals surface area (Å²) in [4.78, 5) is 9.68. The standard InChI is InChI=1S/C8H14O3Si/c1-12(2,3)11-7-5-4-6-10-8-9/h8H,6-7H2,1-3H3. The molecule has 3 nitrogen and oxygen atoms in total. The molecule has 0 spiro atoms. The Kier molecular flexibility index (Phi) is 5.42. The lowest BCUT2D eigenvalue weighted by Gasteiger charge is -2.13. The fourth-order valence-electron chi connectivity index (χ4n) is 0.430. The first kappa shape index (κ1) is 11.2. The van der Waals surface area contributed by atoms with E-state index in [-0.39, 0.29) is 6.61 Å². The zero-order valence-electron chi connectivity index (χ0n) is 7.72. The first-order chi connectivity index (χ1) is 5.56. The Morgan fingerprint density at radius 1 is 1.25 bits per heavy atom. The molecule has 0 aliphatic heterocycles. The van der Waals surface area contributed by atoms with Gasteiger partial charge in [-0.15, -0.1) is 0 Å². The van der Waals surface area contributed by atoms with Gasteiger partial charge in [0.1, 0.15) is 0 Å². The lowest BCUT2D eigenvalue weighted by Crippen LogP contribution is -2.25. The van der Waals surface area contributed by atoms with Gasteiger partial charge in [-0.1, -0.05) is 11.8 Å². The molecule has 0 amide bonds. The molecule has 0 aliphatic carbocycles. The van der Waals surface area contributed by atoms with Gasteiger partial charge in [0.2, 0.25) is 0 Å². The maximum absolute atomic E-state index is 9.68. The van der Waals surface area contributed by atoms with Crippen molar-refractivity contribution >= 4 is 14.8 Å². The van der Waals surface area contributed by atoms with E-state index in [1.165, 1.54) is 0 Å². The maximum atomic E-state index is 9.68. The molecule has 12 heavy (non-hydrogen) atoms. The van der Waals surface area contributed by atoms with Gasteiger partial charge in [-0.25, -0.2) is 0 Å². The van der Waals surface area contributed by atoms with Crippen LogP contribution in [0.5, 0.6) is 0 Å². The fraction of sp³-hybridized carbons (Fsp3) is 0.625. The van der Waals surface area contributed by atoms with Gasteiger partial charge in [-0.3, -0.25) is 4.79 Å². The van der Waals surface area contributed by atoms with Crippen LogP contribution in [-0.2, 0) is 14.0 Å². The Labute approximate surface area is 74.2 Å². The van der Waals surface area contributed by atoms with Crippen LogP contribution in [0.4, 0.5) is 0 Å². The molecule has 0 bridgehead atoms. The lowest BCUT2D eigenvalue weighted by atomic mass is 10.6. The third-order valence-corrected chi connectivity index (χ3v) is 1.94. The number of carbonyl (C=O) groups is 1. The van der Waals surface area contributed by atoms with E-state index in [4.69, 9.17) is 4.43 Å². The molecule has 0 heterocycles. The van der Waals surface area contributed by atoms with E-state index in [0.717, 1.165) is 0 Å². The zero-order valence-corrected chi connectivity index (χ0v) is 8.72. The van der Waals surface area contributed by atoms with Gasteiger partial charge >= 0.3 is 0 Å². The molecule has 0 rings (SSSR count). The van der Waals surface area contributed by atoms with Gasteiger partial charge in [0.15, 0.2) is 14.9 Å². The van der Waals surface area contributed by atoms with E-state index in [2.05, 4.69) is 36.2 Å². The maximum Gasteiger partial charge on any atom is 0.294 e. The first-order valence-electron chi connectivity index (χ1n) is 3.71. The van der Waals surface area contributed by atoms with Crippen molar-refractivity contribution in [3.05, 3.63) is 0 Å². The van der Waals surface area contributed by atoms with E-state index in [1.807, 2.05) is 0 Å². The predicted molar refractivity (Wildman–Crippen MR) is 49.1 cm³/mol. The van der Waals surface area contributed by atoms with Crippen LogP contribution in [0.25, 0.3) is 0 Å². The van der Waals surface area contributed by atoms with E-state index in [9.17, 15) is 4.79 Å². The fourth-order valence-corrected chi connectivity index (χ4v) is 0.936. The topological polar surface area (TPSA) is 35.5 Å². The molecular formula is C8H14O3Si. The van der Waals surface area contributed by atoms with Crippen LogP contribution in [-0.4, -0.2) is 28.0 Å². The average Bonchev–Trinajstić information content (AvgIpc) is 1.94. The summed E-state index contributed by atoms with van der Waals surface area (Å²) in [6.07, 6.45) is 0. The average molecular weight is 186 g/mol. The highest BCUT2D eigenvalue weighted by molar-refractivity contribution is 6.69. The number of carbonyl (C=O) groups excluding carboxylic acids is 1. The second-order valence-electron chi connectivity index (χ2n) is 3.16. The molecule has 4 heteroatoms. The van der Waals surface area contributed by atoms with Crippen molar-refractivity contribution in [2.75, 3.05) is 13.2 Å². The summed E-state index contributed by atoms with van der Waals surface area (Å²) >= 11 is 0. The van der Waals surface area contributed by atoms with Crippen molar-refractivity contribution < 1.29 is 14.0 Å². The summed E-state index contributed by atoms with van der Waals surface area (Å²) in [5, 5.41) is 0. The third-order valence-electron chi connectivity index (χ3n) is 0.926. The normalized spacial score (nSPS) is 9.92. The zero-order chi connectivity index (χ0) is 9.45. The van der Waals surface area contributed by atoms with Gasteiger partial charge in [0, 0.05) is 0 Å². The molecular weight excluding hydrogens is 172 g/mol. The minimum atomic E-state index is -1.44. The van der Waals surface area contributed by atoms with Gasteiger partial charge in [-0.2, -0.15) is 0 Å². The van der Waals surface area contributed by atoms with Crippen molar-refractivity contribution in [3.63, 3.8) is 0 Å². The SMILES string of the molecule is C[Si](C)(C)OCC#CCOC=O. The molecule has 0 saturated carbocycles. The molecule has 0 aromatic rings. The summed E-state index contributed by atoms with van der Waals surface area (Å²) in [5.41, 5.74) is 0. The quantitative estimate of drug-likeness (QED) is 0.284. The van der Waals surface area contributed by atoms with Gasteiger partial charge < -0.3 is 9.16 Å². The highest BCUT2D eigenvalue weighted by Crippen LogP contribution is 2.00. The summed E-state index contributed by atoms with van der Waals surface area (Å²) < 4.78 is 9.80. The molecule has 0 saturated heterocycles. The van der Waals surface area contributed by atoms with Gasteiger partial charge in [0.25, 0.3) is 6.47 Å². The predicted octanol–water partition coefficient (Wildman–Crippen LogP) is 1.01. The highest BCUT2D eigenvalue weighted by Gasteiger charge is 2.12. The van der Waals surface area contributed by atoms with E-state index in [0.29, 0.717) is 13.1 Å². The van der Waals surface area contributed by atoms with Gasteiger partial charge in [-0.05, 0) is 19.6 Å². The van der Waals surface area contributed by atoms with Crippen molar-refractivity contribution in [3.8, 4) is 11.8 Å². The summed E-state index contributed by atoms with van der Waals surface area (Å²) in [7, 11) is -1.44. The number of hydrogen-bond acceptors (Lipinski definition) is 3. The smallest absolute Gasteiger partial charge is 0.294 e.